The Labute approximate surface area is 167 Å². The first-order chi connectivity index (χ1) is 13.8. The minimum Gasteiger partial charge on any atom is -0.368 e. The number of carbonyl (C=O) groups excluding carboxylic acids is 2. The molecule has 1 unspecified atom stereocenters. The van der Waals surface area contributed by atoms with Gasteiger partial charge in [-0.15, -0.1) is 0 Å². The SMILES string of the molecule is CC(C)CC(Nc1cnc(C(N)=O)c(Nc2ccc3ncccc3c2)n1)C(N)=O. The van der Waals surface area contributed by atoms with Crippen LogP contribution in [0.3, 0.4) is 0 Å². The molecule has 0 aliphatic carbocycles. The second-order valence-electron chi connectivity index (χ2n) is 7.08. The molecule has 0 fully saturated rings. The molecule has 9 nitrogen and oxygen atoms in total. The van der Waals surface area contributed by atoms with Crippen LogP contribution in [0, 0.1) is 5.92 Å². The maximum Gasteiger partial charge on any atom is 0.271 e. The van der Waals surface area contributed by atoms with Crippen LogP contribution in [0.15, 0.2) is 42.7 Å². The Hall–Kier alpha value is -3.75. The molecule has 6 N–H and O–H groups in total. The maximum absolute atomic E-state index is 11.8. The molecule has 29 heavy (non-hydrogen) atoms. The summed E-state index contributed by atoms with van der Waals surface area (Å²) in [4.78, 5) is 36.3. The Bertz CT molecular complexity index is 1050. The van der Waals surface area contributed by atoms with Gasteiger partial charge in [-0.3, -0.25) is 14.6 Å². The van der Waals surface area contributed by atoms with Crippen LogP contribution in [0.1, 0.15) is 30.8 Å². The highest BCUT2D eigenvalue weighted by Crippen LogP contribution is 2.23. The smallest absolute Gasteiger partial charge is 0.271 e. The molecule has 1 atom stereocenters. The van der Waals surface area contributed by atoms with E-state index in [2.05, 4.69) is 25.6 Å². The molecule has 0 bridgehead atoms. The van der Waals surface area contributed by atoms with E-state index >= 15 is 0 Å². The number of hydrogen-bond acceptors (Lipinski definition) is 7. The minimum absolute atomic E-state index is 0.0127. The van der Waals surface area contributed by atoms with Gasteiger partial charge in [0.2, 0.25) is 5.91 Å². The highest BCUT2D eigenvalue weighted by molar-refractivity contribution is 5.96. The van der Waals surface area contributed by atoms with Gasteiger partial charge >= 0.3 is 0 Å². The van der Waals surface area contributed by atoms with Crippen LogP contribution in [0.25, 0.3) is 10.9 Å². The standard InChI is InChI=1S/C20H23N7O2/c1-11(2)8-15(18(21)28)26-16-10-24-17(19(22)29)20(27-16)25-13-5-6-14-12(9-13)4-3-7-23-14/h3-7,9-11,15H,8H2,1-2H3,(H2,21,28)(H2,22,29)(H2,25,26,27). The van der Waals surface area contributed by atoms with E-state index in [1.807, 2.05) is 44.2 Å². The molecule has 1 aromatic carbocycles. The van der Waals surface area contributed by atoms with Gasteiger partial charge in [0.25, 0.3) is 5.91 Å². The van der Waals surface area contributed by atoms with Crippen molar-refractivity contribution in [3.63, 3.8) is 0 Å². The number of primary amides is 2. The molecule has 2 aromatic heterocycles. The number of amides is 2. The zero-order chi connectivity index (χ0) is 21.0. The molecular formula is C20H23N7O2. The molecule has 0 aliphatic heterocycles. The molecule has 0 radical (unpaired) electrons. The largest absolute Gasteiger partial charge is 0.368 e. The van der Waals surface area contributed by atoms with E-state index in [4.69, 9.17) is 11.5 Å². The molecule has 0 saturated carbocycles. The van der Waals surface area contributed by atoms with Crippen LogP contribution in [-0.2, 0) is 4.79 Å². The van der Waals surface area contributed by atoms with E-state index < -0.39 is 17.9 Å². The Morgan fingerprint density at radius 2 is 1.93 bits per heavy atom. The molecule has 2 amide bonds. The van der Waals surface area contributed by atoms with Crippen molar-refractivity contribution in [2.45, 2.75) is 26.3 Å². The van der Waals surface area contributed by atoms with Crippen LogP contribution in [0.4, 0.5) is 17.3 Å². The molecule has 0 aliphatic rings. The minimum atomic E-state index is -0.720. The van der Waals surface area contributed by atoms with Crippen molar-refractivity contribution in [3.8, 4) is 0 Å². The number of nitrogens with one attached hydrogen (secondary N) is 2. The van der Waals surface area contributed by atoms with Gasteiger partial charge in [0.15, 0.2) is 11.5 Å². The molecule has 0 saturated heterocycles. The summed E-state index contributed by atoms with van der Waals surface area (Å²) in [5.41, 5.74) is 12.4. The van der Waals surface area contributed by atoms with Crippen LogP contribution in [0.5, 0.6) is 0 Å². The van der Waals surface area contributed by atoms with E-state index in [1.54, 1.807) is 6.20 Å². The molecule has 150 valence electrons. The van der Waals surface area contributed by atoms with Crippen LogP contribution in [-0.4, -0.2) is 32.8 Å². The fraction of sp³-hybridized carbons (Fsp3) is 0.250. The monoisotopic (exact) mass is 393 g/mol. The lowest BCUT2D eigenvalue weighted by Crippen LogP contribution is -2.37. The highest BCUT2D eigenvalue weighted by Gasteiger charge is 2.19. The van der Waals surface area contributed by atoms with Crippen LogP contribution < -0.4 is 22.1 Å². The Morgan fingerprint density at radius 1 is 1.14 bits per heavy atom. The Balaban J connectivity index is 1.91. The van der Waals surface area contributed by atoms with Crippen LogP contribution >= 0.6 is 0 Å². The number of nitrogens with two attached hydrogens (primary N) is 2. The zero-order valence-corrected chi connectivity index (χ0v) is 16.2. The molecule has 3 aromatic rings. The summed E-state index contributed by atoms with van der Waals surface area (Å²) in [6.45, 7) is 3.97. The summed E-state index contributed by atoms with van der Waals surface area (Å²) in [5, 5.41) is 6.98. The number of fused-ring (bicyclic) bond motifs is 1. The van der Waals surface area contributed by atoms with Crippen molar-refractivity contribution in [2.75, 3.05) is 10.6 Å². The number of benzene rings is 1. The third kappa shape index (κ3) is 4.95. The number of carbonyl (C=O) groups is 2. The van der Waals surface area contributed by atoms with Gasteiger partial charge in [0, 0.05) is 17.3 Å². The Kier molecular flexibility index (Phi) is 5.87. The summed E-state index contributed by atoms with van der Waals surface area (Å²) in [6.07, 6.45) is 3.61. The molecule has 9 heteroatoms. The number of anilines is 3. The first kappa shape index (κ1) is 20.0. The number of aromatic nitrogens is 3. The van der Waals surface area contributed by atoms with E-state index in [0.29, 0.717) is 17.9 Å². The van der Waals surface area contributed by atoms with Crippen molar-refractivity contribution in [1.82, 2.24) is 15.0 Å². The molecule has 0 spiro atoms. The third-order valence-corrected chi connectivity index (χ3v) is 4.24. The lowest BCUT2D eigenvalue weighted by Gasteiger charge is -2.18. The first-order valence-electron chi connectivity index (χ1n) is 9.18. The van der Waals surface area contributed by atoms with Gasteiger partial charge in [-0.2, -0.15) is 0 Å². The molecular weight excluding hydrogens is 370 g/mol. The lowest BCUT2D eigenvalue weighted by molar-refractivity contribution is -0.119. The van der Waals surface area contributed by atoms with Gasteiger partial charge in [-0.05, 0) is 36.6 Å². The molecule has 3 rings (SSSR count). The zero-order valence-electron chi connectivity index (χ0n) is 16.2. The number of rotatable bonds is 8. The summed E-state index contributed by atoms with van der Waals surface area (Å²) in [7, 11) is 0. The fourth-order valence-corrected chi connectivity index (χ4v) is 2.91. The van der Waals surface area contributed by atoms with E-state index in [0.717, 1.165) is 10.9 Å². The van der Waals surface area contributed by atoms with E-state index in [1.165, 1.54) is 6.20 Å². The van der Waals surface area contributed by atoms with Crippen molar-refractivity contribution in [2.24, 2.45) is 17.4 Å². The predicted octanol–water partition coefficient (Wildman–Crippen LogP) is 2.18. The summed E-state index contributed by atoms with van der Waals surface area (Å²) in [6, 6.07) is 8.69. The second kappa shape index (κ2) is 8.51. The predicted molar refractivity (Wildman–Crippen MR) is 112 cm³/mol. The summed E-state index contributed by atoms with van der Waals surface area (Å²) in [5.74, 6) is -0.469. The third-order valence-electron chi connectivity index (χ3n) is 4.24. The first-order valence-corrected chi connectivity index (χ1v) is 9.18. The quantitative estimate of drug-likeness (QED) is 0.458. The Morgan fingerprint density at radius 3 is 2.62 bits per heavy atom. The van der Waals surface area contributed by atoms with E-state index in [9.17, 15) is 9.59 Å². The van der Waals surface area contributed by atoms with E-state index in [-0.39, 0.29) is 17.4 Å². The number of hydrogen-bond donors (Lipinski definition) is 4. The van der Waals surface area contributed by atoms with Gasteiger partial charge < -0.3 is 22.1 Å². The summed E-state index contributed by atoms with van der Waals surface area (Å²) < 4.78 is 0. The van der Waals surface area contributed by atoms with Crippen molar-refractivity contribution in [3.05, 3.63) is 48.4 Å². The van der Waals surface area contributed by atoms with Gasteiger partial charge in [0.05, 0.1) is 11.7 Å². The fourth-order valence-electron chi connectivity index (χ4n) is 2.91. The van der Waals surface area contributed by atoms with Crippen LogP contribution in [0.2, 0.25) is 0 Å². The second-order valence-corrected chi connectivity index (χ2v) is 7.08. The van der Waals surface area contributed by atoms with Crippen molar-refractivity contribution < 1.29 is 9.59 Å². The van der Waals surface area contributed by atoms with Crippen molar-refractivity contribution >= 4 is 40.0 Å². The van der Waals surface area contributed by atoms with Gasteiger partial charge in [-0.25, -0.2) is 9.97 Å². The maximum atomic E-state index is 11.8. The number of pyridine rings is 1. The van der Waals surface area contributed by atoms with Gasteiger partial charge in [0.1, 0.15) is 11.9 Å². The average molecular weight is 393 g/mol. The number of nitrogens with zero attached hydrogens (tertiary/aromatic N) is 3. The highest BCUT2D eigenvalue weighted by atomic mass is 16.1. The average Bonchev–Trinajstić information content (AvgIpc) is 2.67. The topological polar surface area (TPSA) is 149 Å². The lowest BCUT2D eigenvalue weighted by atomic mass is 10.0. The summed E-state index contributed by atoms with van der Waals surface area (Å²) >= 11 is 0. The van der Waals surface area contributed by atoms with Crippen molar-refractivity contribution in [1.29, 1.82) is 0 Å². The normalized spacial score (nSPS) is 12.0. The van der Waals surface area contributed by atoms with Gasteiger partial charge in [-0.1, -0.05) is 19.9 Å². The molecule has 2 heterocycles.